The monoisotopic (exact) mass is 223 g/mol. The molecule has 2 aromatic carbocycles. The minimum absolute atomic E-state index is 0.796. The van der Waals surface area contributed by atoms with Crippen LogP contribution in [0.2, 0.25) is 0 Å². The third kappa shape index (κ3) is 2.12. The summed E-state index contributed by atoms with van der Waals surface area (Å²) in [7, 11) is 1.62. The van der Waals surface area contributed by atoms with Crippen LogP contribution in [0.15, 0.2) is 48.5 Å². The summed E-state index contributed by atoms with van der Waals surface area (Å²) in [6.07, 6.45) is 0.105. The Kier molecular flexibility index (Phi) is 2.71. The highest BCUT2D eigenvalue weighted by Gasteiger charge is 2.22. The van der Waals surface area contributed by atoms with Gasteiger partial charge < -0.3 is 9.76 Å². The molecule has 1 aliphatic rings. The molecule has 0 saturated heterocycles. The molecule has 1 N–H and O–H groups in total. The van der Waals surface area contributed by atoms with Crippen molar-refractivity contribution in [2.75, 3.05) is 0 Å². The van der Waals surface area contributed by atoms with Gasteiger partial charge in [-0.25, -0.2) is 0 Å². The fourth-order valence-corrected chi connectivity index (χ4v) is 2.10. The fourth-order valence-electron chi connectivity index (χ4n) is 2.10. The largest absolute Gasteiger partial charge is 0.407 e. The highest BCUT2D eigenvalue weighted by Crippen LogP contribution is 2.19. The molecule has 0 aliphatic carbocycles. The van der Waals surface area contributed by atoms with Crippen molar-refractivity contribution in [1.82, 2.24) is 0 Å². The Bertz CT molecular complexity index is 525. The third-order valence-electron chi connectivity index (χ3n) is 2.99. The average Bonchev–Trinajstić information content (AvgIpc) is 2.72. The molecular formula is C14H12BO2. The van der Waals surface area contributed by atoms with E-state index in [0.717, 1.165) is 17.4 Å². The highest BCUT2D eigenvalue weighted by atomic mass is 16.6. The number of hydrogen-bond donors (Lipinski definition) is 1. The van der Waals surface area contributed by atoms with Gasteiger partial charge in [-0.15, -0.1) is 0 Å². The van der Waals surface area contributed by atoms with E-state index in [1.807, 2.05) is 30.3 Å². The smallest absolute Gasteiger partial charge is 0.334 e. The lowest BCUT2D eigenvalue weighted by atomic mass is 9.85. The average molecular weight is 223 g/mol. The minimum Gasteiger partial charge on any atom is -0.407 e. The van der Waals surface area contributed by atoms with Crippen LogP contribution < -0.4 is 5.46 Å². The first-order valence-corrected chi connectivity index (χ1v) is 5.66. The van der Waals surface area contributed by atoms with Crippen LogP contribution in [-0.4, -0.2) is 12.6 Å². The van der Waals surface area contributed by atoms with Crippen molar-refractivity contribution in [3.05, 3.63) is 65.2 Å². The molecule has 3 rings (SSSR count). The Morgan fingerprint density at radius 2 is 1.88 bits per heavy atom. The molecule has 0 amide bonds. The number of benzene rings is 2. The van der Waals surface area contributed by atoms with E-state index in [4.69, 9.17) is 4.65 Å². The summed E-state index contributed by atoms with van der Waals surface area (Å²) in [5, 5.41) is 9.51. The number of rotatable bonds is 2. The maximum Gasteiger partial charge on any atom is 0.334 e. The predicted octanol–water partition coefficient (Wildman–Crippen LogP) is 1.54. The summed E-state index contributed by atoms with van der Waals surface area (Å²) >= 11 is 0. The van der Waals surface area contributed by atoms with Gasteiger partial charge >= 0.3 is 7.48 Å². The lowest BCUT2D eigenvalue weighted by molar-refractivity contribution is -0.00794. The normalized spacial score (nSPS) is 17.6. The van der Waals surface area contributed by atoms with Crippen molar-refractivity contribution < 1.29 is 9.76 Å². The second-order valence-corrected chi connectivity index (χ2v) is 4.23. The molecule has 0 aromatic heterocycles. The van der Waals surface area contributed by atoms with Gasteiger partial charge in [0.05, 0.1) is 0 Å². The molecule has 1 heterocycles. The van der Waals surface area contributed by atoms with Gasteiger partial charge in [-0.2, -0.15) is 0 Å². The third-order valence-corrected chi connectivity index (χ3v) is 2.99. The van der Waals surface area contributed by atoms with Gasteiger partial charge in [0.25, 0.3) is 0 Å². The van der Waals surface area contributed by atoms with Crippen LogP contribution in [0.4, 0.5) is 0 Å². The van der Waals surface area contributed by atoms with Gasteiger partial charge in [0.15, 0.2) is 6.29 Å². The fraction of sp³-hybridized carbons (Fsp3) is 0.143. The van der Waals surface area contributed by atoms with Crippen LogP contribution in [0, 0.1) is 0 Å². The predicted molar refractivity (Wildman–Crippen MR) is 67.1 cm³/mol. The molecule has 0 saturated carbocycles. The van der Waals surface area contributed by atoms with Crippen molar-refractivity contribution in [3.8, 4) is 0 Å². The zero-order valence-corrected chi connectivity index (χ0v) is 9.34. The van der Waals surface area contributed by atoms with E-state index in [1.54, 1.807) is 7.48 Å². The molecule has 0 bridgehead atoms. The summed E-state index contributed by atoms with van der Waals surface area (Å²) in [6.45, 7) is 0. The Labute approximate surface area is 101 Å². The Morgan fingerprint density at radius 3 is 2.71 bits per heavy atom. The quantitative estimate of drug-likeness (QED) is 0.782. The minimum atomic E-state index is -0.796. The number of aliphatic hydroxyl groups is 1. The lowest BCUT2D eigenvalue weighted by Crippen LogP contribution is -2.12. The standard InChI is InChI=1S/C14H12BO2/c16-14-12-7-6-11(9-13(12)15-17-14)8-10-4-2-1-3-5-10/h1-7,9,14,16H,8H2. The summed E-state index contributed by atoms with van der Waals surface area (Å²) in [4.78, 5) is 0. The molecule has 3 heteroatoms. The van der Waals surface area contributed by atoms with Gasteiger partial charge in [0, 0.05) is 5.56 Å². The zero-order valence-electron chi connectivity index (χ0n) is 9.34. The van der Waals surface area contributed by atoms with Gasteiger partial charge in [-0.05, 0) is 23.0 Å². The first-order chi connectivity index (χ1) is 8.33. The van der Waals surface area contributed by atoms with Crippen LogP contribution in [0.25, 0.3) is 0 Å². The molecule has 0 spiro atoms. The maximum atomic E-state index is 9.51. The van der Waals surface area contributed by atoms with Gasteiger partial charge in [-0.1, -0.05) is 48.5 Å². The van der Waals surface area contributed by atoms with E-state index < -0.39 is 6.29 Å². The second kappa shape index (κ2) is 4.36. The van der Waals surface area contributed by atoms with Gasteiger partial charge in [-0.3, -0.25) is 0 Å². The molecule has 2 nitrogen and oxygen atoms in total. The van der Waals surface area contributed by atoms with Crippen molar-refractivity contribution in [2.24, 2.45) is 0 Å². The van der Waals surface area contributed by atoms with Gasteiger partial charge in [0.2, 0.25) is 0 Å². The van der Waals surface area contributed by atoms with Crippen LogP contribution in [0.1, 0.15) is 23.0 Å². The number of fused-ring (bicyclic) bond motifs is 1. The topological polar surface area (TPSA) is 29.5 Å². The Balaban J connectivity index is 1.86. The van der Waals surface area contributed by atoms with E-state index in [9.17, 15) is 5.11 Å². The summed E-state index contributed by atoms with van der Waals surface area (Å²) in [5.41, 5.74) is 4.34. The van der Waals surface area contributed by atoms with E-state index in [-0.39, 0.29) is 0 Å². The molecule has 17 heavy (non-hydrogen) atoms. The molecule has 1 atom stereocenters. The number of hydrogen-bond acceptors (Lipinski definition) is 2. The number of aliphatic hydroxyl groups excluding tert-OH is 1. The van der Waals surface area contributed by atoms with Crippen molar-refractivity contribution in [1.29, 1.82) is 0 Å². The summed E-state index contributed by atoms with van der Waals surface area (Å²) < 4.78 is 5.06. The van der Waals surface area contributed by atoms with Crippen LogP contribution in [0.3, 0.4) is 0 Å². The van der Waals surface area contributed by atoms with Crippen LogP contribution >= 0.6 is 0 Å². The summed E-state index contributed by atoms with van der Waals surface area (Å²) in [6, 6.07) is 16.4. The zero-order chi connectivity index (χ0) is 11.7. The van der Waals surface area contributed by atoms with E-state index >= 15 is 0 Å². The summed E-state index contributed by atoms with van der Waals surface area (Å²) in [5.74, 6) is 0. The maximum absolute atomic E-state index is 9.51. The van der Waals surface area contributed by atoms with Crippen molar-refractivity contribution in [3.63, 3.8) is 0 Å². The Morgan fingerprint density at radius 1 is 1.06 bits per heavy atom. The first kappa shape index (κ1) is 10.6. The molecule has 1 radical (unpaired) electrons. The SMILES string of the molecule is OC1O[B]c2cc(Cc3ccccc3)ccc21. The van der Waals surface area contributed by atoms with Crippen LogP contribution in [-0.2, 0) is 11.1 Å². The molecule has 1 unspecified atom stereocenters. The van der Waals surface area contributed by atoms with E-state index in [2.05, 4.69) is 18.2 Å². The van der Waals surface area contributed by atoms with Gasteiger partial charge in [0.1, 0.15) is 0 Å². The van der Waals surface area contributed by atoms with Crippen LogP contribution in [0.5, 0.6) is 0 Å². The lowest BCUT2D eigenvalue weighted by Gasteiger charge is -2.06. The van der Waals surface area contributed by atoms with Crippen molar-refractivity contribution >= 4 is 12.9 Å². The molecule has 1 aliphatic heterocycles. The van der Waals surface area contributed by atoms with Crippen molar-refractivity contribution in [2.45, 2.75) is 12.7 Å². The molecule has 0 fully saturated rings. The molecular weight excluding hydrogens is 211 g/mol. The van der Waals surface area contributed by atoms with E-state index in [0.29, 0.717) is 0 Å². The molecule has 83 valence electrons. The highest BCUT2D eigenvalue weighted by molar-refractivity contribution is 6.49. The molecule has 2 aromatic rings. The first-order valence-electron chi connectivity index (χ1n) is 5.66. The second-order valence-electron chi connectivity index (χ2n) is 4.23. The van der Waals surface area contributed by atoms with E-state index in [1.165, 1.54) is 11.1 Å². The Hall–Kier alpha value is -1.58.